The minimum atomic E-state index is -0.177. The Hall–Kier alpha value is -2.03. The average Bonchev–Trinajstić information content (AvgIpc) is 2.43. The molecule has 0 saturated heterocycles. The van der Waals surface area contributed by atoms with Crippen LogP contribution in [0.2, 0.25) is 0 Å². The first-order valence-corrected chi connectivity index (χ1v) is 7.25. The maximum atomic E-state index is 13.3. The molecule has 0 aliphatic heterocycles. The Bertz CT molecular complexity index is 593. The number of ether oxygens (including phenoxy) is 1. The van der Waals surface area contributed by atoms with E-state index in [1.54, 1.807) is 13.0 Å². The zero-order valence-corrected chi connectivity index (χ0v) is 13.0. The Morgan fingerprint density at radius 2 is 1.67 bits per heavy atom. The van der Waals surface area contributed by atoms with E-state index in [0.717, 1.165) is 17.0 Å². The van der Waals surface area contributed by atoms with Gasteiger partial charge in [0.05, 0.1) is 6.10 Å². The van der Waals surface area contributed by atoms with Crippen LogP contribution < -0.4 is 10.1 Å². The van der Waals surface area contributed by atoms with Crippen molar-refractivity contribution in [1.82, 2.24) is 0 Å². The van der Waals surface area contributed by atoms with E-state index in [-0.39, 0.29) is 18.0 Å². The highest BCUT2D eigenvalue weighted by Crippen LogP contribution is 2.23. The fourth-order valence-corrected chi connectivity index (χ4v) is 2.18. The predicted octanol–water partition coefficient (Wildman–Crippen LogP) is 5.09. The summed E-state index contributed by atoms with van der Waals surface area (Å²) in [7, 11) is 0. The third-order valence-corrected chi connectivity index (χ3v) is 3.29. The zero-order chi connectivity index (χ0) is 15.4. The predicted molar refractivity (Wildman–Crippen MR) is 85.4 cm³/mol. The van der Waals surface area contributed by atoms with Crippen LogP contribution in [0, 0.1) is 12.7 Å². The molecule has 0 bridgehead atoms. The van der Waals surface area contributed by atoms with Crippen molar-refractivity contribution in [3.05, 3.63) is 59.4 Å². The van der Waals surface area contributed by atoms with Gasteiger partial charge in [-0.25, -0.2) is 4.39 Å². The third kappa shape index (κ3) is 4.22. The van der Waals surface area contributed by atoms with Crippen LogP contribution in [0.15, 0.2) is 42.5 Å². The summed E-state index contributed by atoms with van der Waals surface area (Å²) in [6.45, 7) is 7.87. The fraction of sp³-hybridized carbons (Fsp3) is 0.333. The second kappa shape index (κ2) is 6.61. The molecule has 2 nitrogen and oxygen atoms in total. The molecule has 2 rings (SSSR count). The summed E-state index contributed by atoms with van der Waals surface area (Å²) in [4.78, 5) is 0. The van der Waals surface area contributed by atoms with E-state index in [1.807, 2.05) is 44.2 Å². The smallest absolute Gasteiger partial charge is 0.126 e. The molecule has 0 amide bonds. The molecule has 0 aliphatic carbocycles. The van der Waals surface area contributed by atoms with Gasteiger partial charge < -0.3 is 10.1 Å². The fourth-order valence-electron chi connectivity index (χ4n) is 2.18. The van der Waals surface area contributed by atoms with E-state index in [2.05, 4.69) is 12.2 Å². The highest BCUT2D eigenvalue weighted by Gasteiger charge is 2.07. The van der Waals surface area contributed by atoms with Crippen molar-refractivity contribution in [3.8, 4) is 5.75 Å². The number of rotatable bonds is 5. The topological polar surface area (TPSA) is 21.3 Å². The van der Waals surface area contributed by atoms with Crippen LogP contribution in [0.4, 0.5) is 10.1 Å². The molecule has 112 valence electrons. The number of benzene rings is 2. The molecule has 3 heteroatoms. The normalized spacial score (nSPS) is 12.3. The Kier molecular flexibility index (Phi) is 4.84. The summed E-state index contributed by atoms with van der Waals surface area (Å²) in [6, 6.07) is 13.3. The summed E-state index contributed by atoms with van der Waals surface area (Å²) in [6.07, 6.45) is 0.175. The van der Waals surface area contributed by atoms with E-state index in [9.17, 15) is 4.39 Å². The van der Waals surface area contributed by atoms with E-state index < -0.39 is 0 Å². The maximum Gasteiger partial charge on any atom is 0.126 e. The van der Waals surface area contributed by atoms with Crippen LogP contribution in [0.5, 0.6) is 5.75 Å². The van der Waals surface area contributed by atoms with Crippen molar-refractivity contribution in [2.75, 3.05) is 5.32 Å². The molecule has 0 spiro atoms. The highest BCUT2D eigenvalue weighted by atomic mass is 19.1. The van der Waals surface area contributed by atoms with Gasteiger partial charge in [-0.3, -0.25) is 0 Å². The lowest BCUT2D eigenvalue weighted by Gasteiger charge is -2.17. The van der Waals surface area contributed by atoms with Gasteiger partial charge in [0.2, 0.25) is 0 Å². The Morgan fingerprint density at radius 1 is 1.00 bits per heavy atom. The number of aryl methyl sites for hydroxylation is 1. The van der Waals surface area contributed by atoms with Crippen LogP contribution >= 0.6 is 0 Å². The largest absolute Gasteiger partial charge is 0.491 e. The van der Waals surface area contributed by atoms with Gasteiger partial charge in [-0.2, -0.15) is 0 Å². The summed E-state index contributed by atoms with van der Waals surface area (Å²) < 4.78 is 18.9. The van der Waals surface area contributed by atoms with Crippen LogP contribution in [-0.4, -0.2) is 6.10 Å². The second-order valence-corrected chi connectivity index (χ2v) is 5.57. The first kappa shape index (κ1) is 15.4. The molecular weight excluding hydrogens is 265 g/mol. The van der Waals surface area contributed by atoms with Crippen molar-refractivity contribution in [3.63, 3.8) is 0 Å². The Labute approximate surface area is 126 Å². The molecule has 0 radical (unpaired) electrons. The summed E-state index contributed by atoms with van der Waals surface area (Å²) in [5.74, 6) is 0.696. The molecule has 2 aromatic carbocycles. The van der Waals surface area contributed by atoms with E-state index in [0.29, 0.717) is 5.56 Å². The SMILES string of the molecule is Cc1cc(NC(C)c2ccc(OC(C)C)cc2)ccc1F. The molecule has 2 aromatic rings. The van der Waals surface area contributed by atoms with Gasteiger partial charge in [0.25, 0.3) is 0 Å². The summed E-state index contributed by atoms with van der Waals surface area (Å²) in [5.41, 5.74) is 2.73. The van der Waals surface area contributed by atoms with Crippen molar-refractivity contribution in [1.29, 1.82) is 0 Å². The van der Waals surface area contributed by atoms with Crippen molar-refractivity contribution >= 4 is 5.69 Å². The van der Waals surface area contributed by atoms with Gasteiger partial charge in [0.15, 0.2) is 0 Å². The maximum absolute atomic E-state index is 13.3. The number of halogens is 1. The molecule has 1 N–H and O–H groups in total. The van der Waals surface area contributed by atoms with E-state index in [1.165, 1.54) is 6.07 Å². The lowest BCUT2D eigenvalue weighted by Crippen LogP contribution is -2.08. The number of anilines is 1. The Balaban J connectivity index is 2.05. The Morgan fingerprint density at radius 3 is 2.24 bits per heavy atom. The standard InChI is InChI=1S/C18H22FNO/c1-12(2)21-17-8-5-15(6-9-17)14(4)20-16-7-10-18(19)13(3)11-16/h5-12,14,20H,1-4H3. The van der Waals surface area contributed by atoms with Gasteiger partial charge in [-0.05, 0) is 69.2 Å². The van der Waals surface area contributed by atoms with Gasteiger partial charge in [0, 0.05) is 11.7 Å². The highest BCUT2D eigenvalue weighted by molar-refractivity contribution is 5.48. The van der Waals surface area contributed by atoms with Gasteiger partial charge in [-0.15, -0.1) is 0 Å². The van der Waals surface area contributed by atoms with Gasteiger partial charge in [-0.1, -0.05) is 12.1 Å². The van der Waals surface area contributed by atoms with Gasteiger partial charge in [0.1, 0.15) is 11.6 Å². The number of hydrogen-bond acceptors (Lipinski definition) is 2. The van der Waals surface area contributed by atoms with Crippen LogP contribution in [0.3, 0.4) is 0 Å². The molecule has 21 heavy (non-hydrogen) atoms. The molecule has 0 saturated carbocycles. The van der Waals surface area contributed by atoms with Crippen molar-refractivity contribution in [2.24, 2.45) is 0 Å². The first-order valence-electron chi connectivity index (χ1n) is 7.25. The van der Waals surface area contributed by atoms with Crippen molar-refractivity contribution in [2.45, 2.75) is 39.8 Å². The minimum Gasteiger partial charge on any atom is -0.491 e. The number of nitrogens with one attached hydrogen (secondary N) is 1. The lowest BCUT2D eigenvalue weighted by molar-refractivity contribution is 0.242. The van der Waals surface area contributed by atoms with Crippen molar-refractivity contribution < 1.29 is 9.13 Å². The molecule has 1 atom stereocenters. The molecule has 0 fully saturated rings. The molecule has 0 aliphatic rings. The molecule has 1 unspecified atom stereocenters. The summed E-state index contributed by atoms with van der Waals surface area (Å²) in [5, 5.41) is 3.38. The first-order chi connectivity index (χ1) is 9.95. The molecule has 0 heterocycles. The lowest BCUT2D eigenvalue weighted by atomic mass is 10.1. The van der Waals surface area contributed by atoms with E-state index >= 15 is 0 Å². The van der Waals surface area contributed by atoms with Crippen LogP contribution in [-0.2, 0) is 0 Å². The minimum absolute atomic E-state index is 0.142. The zero-order valence-electron chi connectivity index (χ0n) is 13.0. The van der Waals surface area contributed by atoms with Crippen LogP contribution in [0.25, 0.3) is 0 Å². The summed E-state index contributed by atoms with van der Waals surface area (Å²) >= 11 is 0. The average molecular weight is 287 g/mol. The third-order valence-electron chi connectivity index (χ3n) is 3.29. The monoisotopic (exact) mass is 287 g/mol. The quantitative estimate of drug-likeness (QED) is 0.826. The van der Waals surface area contributed by atoms with Crippen LogP contribution in [0.1, 0.15) is 37.9 Å². The molecular formula is C18H22FNO. The number of hydrogen-bond donors (Lipinski definition) is 1. The second-order valence-electron chi connectivity index (χ2n) is 5.57. The van der Waals surface area contributed by atoms with Gasteiger partial charge >= 0.3 is 0 Å². The molecule has 0 aromatic heterocycles. The van der Waals surface area contributed by atoms with E-state index in [4.69, 9.17) is 4.74 Å².